The van der Waals surface area contributed by atoms with Crippen LogP contribution in [-0.2, 0) is 0 Å². The number of aromatic nitrogens is 2. The van der Waals surface area contributed by atoms with Crippen LogP contribution in [0.1, 0.15) is 44.4 Å². The van der Waals surface area contributed by atoms with Crippen LogP contribution in [0.5, 0.6) is 0 Å². The van der Waals surface area contributed by atoms with Crippen molar-refractivity contribution in [2.75, 3.05) is 0 Å². The highest BCUT2D eigenvalue weighted by atomic mass is 16.3. The normalized spacial score (nSPS) is 12.6. The molecule has 1 N–H and O–H groups in total. The Hall–Kier alpha value is -1.61. The van der Waals surface area contributed by atoms with Gasteiger partial charge in [-0.3, -0.25) is 0 Å². The second-order valence-electron chi connectivity index (χ2n) is 4.52. The van der Waals surface area contributed by atoms with E-state index >= 15 is 0 Å². The molecule has 96 valence electrons. The Labute approximate surface area is 108 Å². The summed E-state index contributed by atoms with van der Waals surface area (Å²) in [6, 6.07) is 11.8. The number of aliphatic hydroxyl groups excluding tert-OH is 1. The van der Waals surface area contributed by atoms with Gasteiger partial charge in [-0.2, -0.15) is 5.10 Å². The van der Waals surface area contributed by atoms with Crippen molar-refractivity contribution in [3.05, 3.63) is 48.3 Å². The third kappa shape index (κ3) is 2.99. The monoisotopic (exact) mass is 244 g/mol. The highest BCUT2D eigenvalue weighted by molar-refractivity contribution is 5.32. The van der Waals surface area contributed by atoms with Gasteiger partial charge in [0.25, 0.3) is 0 Å². The lowest BCUT2D eigenvalue weighted by Gasteiger charge is -2.13. The van der Waals surface area contributed by atoms with Gasteiger partial charge < -0.3 is 5.11 Å². The summed E-state index contributed by atoms with van der Waals surface area (Å²) in [6.07, 6.45) is 5.50. The van der Waals surface area contributed by atoms with Crippen molar-refractivity contribution < 1.29 is 5.11 Å². The summed E-state index contributed by atoms with van der Waals surface area (Å²) in [5.41, 5.74) is 1.87. The molecule has 0 amide bonds. The molecule has 0 bridgehead atoms. The molecule has 0 aliphatic heterocycles. The van der Waals surface area contributed by atoms with Crippen LogP contribution in [0.15, 0.2) is 42.6 Å². The highest BCUT2D eigenvalue weighted by Crippen LogP contribution is 2.21. The molecule has 1 aromatic heterocycles. The van der Waals surface area contributed by atoms with Crippen molar-refractivity contribution in [2.24, 2.45) is 0 Å². The van der Waals surface area contributed by atoms with Gasteiger partial charge in [0.15, 0.2) is 0 Å². The summed E-state index contributed by atoms with van der Waals surface area (Å²) >= 11 is 0. The van der Waals surface area contributed by atoms with E-state index in [1.165, 1.54) is 6.42 Å². The molecule has 0 radical (unpaired) electrons. The molecule has 1 atom stereocenters. The fourth-order valence-electron chi connectivity index (χ4n) is 2.09. The Morgan fingerprint density at radius 2 is 1.94 bits per heavy atom. The molecule has 1 aromatic carbocycles. The molecular formula is C15H20N2O. The molecule has 0 aliphatic rings. The second-order valence-corrected chi connectivity index (χ2v) is 4.52. The zero-order valence-corrected chi connectivity index (χ0v) is 10.8. The van der Waals surface area contributed by atoms with Crippen molar-refractivity contribution >= 4 is 0 Å². The average Bonchev–Trinajstić information content (AvgIpc) is 2.89. The molecule has 0 saturated heterocycles. The molecule has 0 aliphatic carbocycles. The van der Waals surface area contributed by atoms with Gasteiger partial charge in [0.1, 0.15) is 0 Å². The largest absolute Gasteiger partial charge is 0.387 e. The first-order valence-electron chi connectivity index (χ1n) is 6.60. The molecule has 2 aromatic rings. The quantitative estimate of drug-likeness (QED) is 0.790. The van der Waals surface area contributed by atoms with E-state index in [1.54, 1.807) is 6.20 Å². The third-order valence-electron chi connectivity index (χ3n) is 3.10. The fourth-order valence-corrected chi connectivity index (χ4v) is 2.09. The van der Waals surface area contributed by atoms with Crippen molar-refractivity contribution in [3.8, 4) is 5.69 Å². The first kappa shape index (κ1) is 12.8. The number of rotatable bonds is 6. The van der Waals surface area contributed by atoms with Gasteiger partial charge >= 0.3 is 0 Å². The van der Waals surface area contributed by atoms with E-state index in [-0.39, 0.29) is 0 Å². The zero-order chi connectivity index (χ0) is 12.8. The van der Waals surface area contributed by atoms with E-state index in [9.17, 15) is 5.11 Å². The standard InChI is InChI=1S/C15H20N2O/c1-2-3-5-10-15(18)14-11-12-16-17(14)13-8-6-4-7-9-13/h4,6-9,11-12,15,18H,2-3,5,10H2,1H3. The van der Waals surface area contributed by atoms with Gasteiger partial charge in [-0.25, -0.2) is 4.68 Å². The van der Waals surface area contributed by atoms with Crippen LogP contribution < -0.4 is 0 Å². The summed E-state index contributed by atoms with van der Waals surface area (Å²) < 4.78 is 1.82. The van der Waals surface area contributed by atoms with Crippen LogP contribution in [0.3, 0.4) is 0 Å². The highest BCUT2D eigenvalue weighted by Gasteiger charge is 2.13. The maximum atomic E-state index is 10.2. The Morgan fingerprint density at radius 1 is 1.17 bits per heavy atom. The lowest BCUT2D eigenvalue weighted by molar-refractivity contribution is 0.156. The molecule has 3 heteroatoms. The number of para-hydroxylation sites is 1. The third-order valence-corrected chi connectivity index (χ3v) is 3.10. The van der Waals surface area contributed by atoms with Gasteiger partial charge in [-0.1, -0.05) is 44.4 Å². The first-order valence-corrected chi connectivity index (χ1v) is 6.60. The Balaban J connectivity index is 2.12. The number of nitrogens with zero attached hydrogens (tertiary/aromatic N) is 2. The minimum atomic E-state index is -0.431. The summed E-state index contributed by atoms with van der Waals surface area (Å²) in [6.45, 7) is 2.17. The number of benzene rings is 1. The molecule has 1 unspecified atom stereocenters. The molecule has 0 fully saturated rings. The zero-order valence-electron chi connectivity index (χ0n) is 10.8. The SMILES string of the molecule is CCCCCC(O)c1ccnn1-c1ccccc1. The van der Waals surface area contributed by atoms with Crippen LogP contribution in [0, 0.1) is 0 Å². The summed E-state index contributed by atoms with van der Waals surface area (Å²) in [5.74, 6) is 0. The molecule has 3 nitrogen and oxygen atoms in total. The summed E-state index contributed by atoms with van der Waals surface area (Å²) in [5, 5.41) is 14.5. The van der Waals surface area contributed by atoms with Crippen LogP contribution in [0.2, 0.25) is 0 Å². The maximum Gasteiger partial charge on any atom is 0.0961 e. The molecule has 18 heavy (non-hydrogen) atoms. The van der Waals surface area contributed by atoms with Crippen molar-refractivity contribution in [2.45, 2.75) is 38.7 Å². The topological polar surface area (TPSA) is 38.1 Å². The minimum absolute atomic E-state index is 0.431. The Morgan fingerprint density at radius 3 is 2.67 bits per heavy atom. The molecule has 0 spiro atoms. The van der Waals surface area contributed by atoms with Crippen molar-refractivity contribution in [1.29, 1.82) is 0 Å². The summed E-state index contributed by atoms with van der Waals surface area (Å²) in [4.78, 5) is 0. The van der Waals surface area contributed by atoms with Crippen LogP contribution in [0.25, 0.3) is 5.69 Å². The first-order chi connectivity index (χ1) is 8.83. The van der Waals surface area contributed by atoms with Crippen LogP contribution >= 0.6 is 0 Å². The Kier molecular flexibility index (Phi) is 4.53. The molecule has 2 rings (SSSR count). The number of aliphatic hydroxyl groups is 1. The van der Waals surface area contributed by atoms with Crippen molar-refractivity contribution in [1.82, 2.24) is 9.78 Å². The lowest BCUT2D eigenvalue weighted by Crippen LogP contribution is -2.07. The second kappa shape index (κ2) is 6.36. The number of hydrogen-bond acceptors (Lipinski definition) is 2. The predicted octanol–water partition coefficient (Wildman–Crippen LogP) is 3.49. The van der Waals surface area contributed by atoms with Gasteiger partial charge in [0, 0.05) is 6.20 Å². The summed E-state index contributed by atoms with van der Waals surface area (Å²) in [7, 11) is 0. The fraction of sp³-hybridized carbons (Fsp3) is 0.400. The lowest BCUT2D eigenvalue weighted by atomic mass is 10.1. The number of unbranched alkanes of at least 4 members (excludes halogenated alkanes) is 2. The van der Waals surface area contributed by atoms with E-state index in [4.69, 9.17) is 0 Å². The van der Waals surface area contributed by atoms with E-state index in [0.29, 0.717) is 0 Å². The number of hydrogen-bond donors (Lipinski definition) is 1. The van der Waals surface area contributed by atoms with Crippen LogP contribution in [-0.4, -0.2) is 14.9 Å². The van der Waals surface area contributed by atoms with E-state index in [1.807, 2.05) is 41.1 Å². The van der Waals surface area contributed by atoms with E-state index < -0.39 is 6.10 Å². The van der Waals surface area contributed by atoms with Gasteiger partial charge in [0.05, 0.1) is 17.5 Å². The molecular weight excluding hydrogens is 224 g/mol. The van der Waals surface area contributed by atoms with Crippen LogP contribution in [0.4, 0.5) is 0 Å². The molecule has 1 heterocycles. The van der Waals surface area contributed by atoms with Gasteiger partial charge in [-0.15, -0.1) is 0 Å². The van der Waals surface area contributed by atoms with Gasteiger partial charge in [-0.05, 0) is 24.6 Å². The van der Waals surface area contributed by atoms with Crippen molar-refractivity contribution in [3.63, 3.8) is 0 Å². The van der Waals surface area contributed by atoms with Gasteiger partial charge in [0.2, 0.25) is 0 Å². The predicted molar refractivity (Wildman–Crippen MR) is 72.7 cm³/mol. The smallest absolute Gasteiger partial charge is 0.0961 e. The minimum Gasteiger partial charge on any atom is -0.387 e. The molecule has 0 saturated carbocycles. The van der Waals surface area contributed by atoms with E-state index in [2.05, 4.69) is 12.0 Å². The average molecular weight is 244 g/mol. The van der Waals surface area contributed by atoms with E-state index in [0.717, 1.165) is 30.6 Å². The maximum absolute atomic E-state index is 10.2. The Bertz CT molecular complexity index is 464.